The van der Waals surface area contributed by atoms with Crippen LogP contribution in [0.4, 0.5) is 5.69 Å². The molecular formula is C15H12Cl3NO2. The number of halogens is 3. The molecular weight excluding hydrogens is 333 g/mol. The Hall–Kier alpha value is -1.42. The van der Waals surface area contributed by atoms with E-state index >= 15 is 0 Å². The molecule has 3 nitrogen and oxygen atoms in total. The number of benzene rings is 2. The highest BCUT2D eigenvalue weighted by atomic mass is 35.5. The van der Waals surface area contributed by atoms with Crippen molar-refractivity contribution in [2.45, 2.75) is 13.5 Å². The van der Waals surface area contributed by atoms with Crippen LogP contribution in [0, 0.1) is 6.92 Å². The van der Waals surface area contributed by atoms with Crippen molar-refractivity contribution in [2.24, 2.45) is 0 Å². The van der Waals surface area contributed by atoms with Gasteiger partial charge in [-0.05, 0) is 36.8 Å². The van der Waals surface area contributed by atoms with Gasteiger partial charge in [-0.25, -0.2) is 4.79 Å². The molecule has 0 amide bonds. The van der Waals surface area contributed by atoms with Crippen LogP contribution in [0.3, 0.4) is 0 Å². The summed E-state index contributed by atoms with van der Waals surface area (Å²) < 4.78 is 0. The summed E-state index contributed by atoms with van der Waals surface area (Å²) in [7, 11) is 0. The fraction of sp³-hybridized carbons (Fsp3) is 0.133. The molecule has 0 aromatic heterocycles. The molecule has 2 aromatic carbocycles. The van der Waals surface area contributed by atoms with Crippen molar-refractivity contribution in [2.75, 3.05) is 5.32 Å². The van der Waals surface area contributed by atoms with Gasteiger partial charge in [0.2, 0.25) is 0 Å². The van der Waals surface area contributed by atoms with E-state index in [1.807, 2.05) is 0 Å². The number of carboxylic acids is 1. The molecule has 0 heterocycles. The van der Waals surface area contributed by atoms with Crippen LogP contribution >= 0.6 is 34.8 Å². The second kappa shape index (κ2) is 6.56. The maximum atomic E-state index is 11.1. The summed E-state index contributed by atoms with van der Waals surface area (Å²) in [5.74, 6) is -0.963. The van der Waals surface area contributed by atoms with Gasteiger partial charge in [-0.2, -0.15) is 0 Å². The minimum Gasteiger partial charge on any atom is -0.478 e. The smallest absolute Gasteiger partial charge is 0.336 e. The molecule has 0 radical (unpaired) electrons. The van der Waals surface area contributed by atoms with Crippen LogP contribution in [0.2, 0.25) is 15.1 Å². The van der Waals surface area contributed by atoms with Crippen molar-refractivity contribution in [3.8, 4) is 0 Å². The number of aromatic carboxylic acids is 1. The molecule has 0 bridgehead atoms. The normalized spacial score (nSPS) is 10.5. The van der Waals surface area contributed by atoms with Gasteiger partial charge in [0, 0.05) is 22.8 Å². The van der Waals surface area contributed by atoms with Gasteiger partial charge in [0.25, 0.3) is 0 Å². The van der Waals surface area contributed by atoms with Crippen molar-refractivity contribution >= 4 is 46.5 Å². The SMILES string of the molecule is Cc1c(NCc2c(Cl)ccc(Cl)c2Cl)cccc1C(=O)O. The predicted octanol–water partition coefficient (Wildman–Crippen LogP) is 5.27. The summed E-state index contributed by atoms with van der Waals surface area (Å²) >= 11 is 18.2. The van der Waals surface area contributed by atoms with Gasteiger partial charge < -0.3 is 10.4 Å². The monoisotopic (exact) mass is 343 g/mol. The van der Waals surface area contributed by atoms with Crippen LogP contribution in [0.1, 0.15) is 21.5 Å². The zero-order chi connectivity index (χ0) is 15.6. The molecule has 6 heteroatoms. The van der Waals surface area contributed by atoms with E-state index in [0.29, 0.717) is 38.4 Å². The van der Waals surface area contributed by atoms with Crippen molar-refractivity contribution in [3.05, 3.63) is 62.1 Å². The molecule has 21 heavy (non-hydrogen) atoms. The summed E-state index contributed by atoms with van der Waals surface area (Å²) in [5, 5.41) is 13.6. The highest BCUT2D eigenvalue weighted by Crippen LogP contribution is 2.32. The molecule has 0 aliphatic carbocycles. The molecule has 2 N–H and O–H groups in total. The standard InChI is InChI=1S/C15H12Cl3NO2/c1-8-9(15(20)21)3-2-4-13(8)19-7-10-11(16)5-6-12(17)14(10)18/h2-6,19H,7H2,1H3,(H,20,21). The number of anilines is 1. The molecule has 0 atom stereocenters. The fourth-order valence-electron chi connectivity index (χ4n) is 1.97. The summed E-state index contributed by atoms with van der Waals surface area (Å²) in [6, 6.07) is 8.34. The molecule has 110 valence electrons. The number of carboxylic acid groups (broad SMARTS) is 1. The van der Waals surface area contributed by atoms with Crippen LogP contribution in [0.25, 0.3) is 0 Å². The molecule has 2 aromatic rings. The van der Waals surface area contributed by atoms with E-state index in [4.69, 9.17) is 39.9 Å². The number of hydrogen-bond donors (Lipinski definition) is 2. The van der Waals surface area contributed by atoms with Gasteiger partial charge >= 0.3 is 5.97 Å². The molecule has 0 unspecified atom stereocenters. The minimum absolute atomic E-state index is 0.253. The van der Waals surface area contributed by atoms with Gasteiger partial charge in [-0.1, -0.05) is 40.9 Å². The highest BCUT2D eigenvalue weighted by molar-refractivity contribution is 6.44. The second-order valence-corrected chi connectivity index (χ2v) is 5.65. The second-order valence-electron chi connectivity index (χ2n) is 4.46. The van der Waals surface area contributed by atoms with Crippen molar-refractivity contribution in [3.63, 3.8) is 0 Å². The Morgan fingerprint density at radius 1 is 1.14 bits per heavy atom. The first-order valence-electron chi connectivity index (χ1n) is 6.11. The van der Waals surface area contributed by atoms with Crippen LogP contribution in [0.5, 0.6) is 0 Å². The molecule has 0 saturated carbocycles. The summed E-state index contributed by atoms with van der Waals surface area (Å²) in [4.78, 5) is 11.1. The quantitative estimate of drug-likeness (QED) is 0.743. The number of hydrogen-bond acceptors (Lipinski definition) is 2. The molecule has 2 rings (SSSR count). The van der Waals surface area contributed by atoms with Crippen molar-refractivity contribution in [1.29, 1.82) is 0 Å². The first-order valence-corrected chi connectivity index (χ1v) is 7.24. The Balaban J connectivity index is 2.27. The Kier molecular flexibility index (Phi) is 4.99. The summed E-state index contributed by atoms with van der Waals surface area (Å²) in [6.07, 6.45) is 0. The Bertz CT molecular complexity index is 702. The van der Waals surface area contributed by atoms with Gasteiger partial charge in [0.15, 0.2) is 0 Å². The lowest BCUT2D eigenvalue weighted by atomic mass is 10.1. The Morgan fingerprint density at radius 2 is 1.81 bits per heavy atom. The highest BCUT2D eigenvalue weighted by Gasteiger charge is 2.12. The van der Waals surface area contributed by atoms with Gasteiger partial charge in [-0.3, -0.25) is 0 Å². The van der Waals surface area contributed by atoms with E-state index in [-0.39, 0.29) is 5.56 Å². The van der Waals surface area contributed by atoms with Crippen LogP contribution in [0.15, 0.2) is 30.3 Å². The average molecular weight is 345 g/mol. The maximum Gasteiger partial charge on any atom is 0.336 e. The van der Waals surface area contributed by atoms with Gasteiger partial charge in [0.05, 0.1) is 15.6 Å². The minimum atomic E-state index is -0.963. The fourth-order valence-corrected chi connectivity index (χ4v) is 2.65. The van der Waals surface area contributed by atoms with Gasteiger partial charge in [-0.15, -0.1) is 0 Å². The predicted molar refractivity (Wildman–Crippen MR) is 86.9 cm³/mol. The van der Waals surface area contributed by atoms with E-state index in [9.17, 15) is 4.79 Å². The number of rotatable bonds is 4. The summed E-state index contributed by atoms with van der Waals surface area (Å²) in [5.41, 5.74) is 2.29. The van der Waals surface area contributed by atoms with Gasteiger partial charge in [0.1, 0.15) is 0 Å². The third-order valence-corrected chi connectivity index (χ3v) is 4.36. The maximum absolute atomic E-state index is 11.1. The molecule has 0 fully saturated rings. The van der Waals surface area contributed by atoms with Crippen LogP contribution < -0.4 is 5.32 Å². The average Bonchev–Trinajstić information content (AvgIpc) is 2.44. The van der Waals surface area contributed by atoms with E-state index < -0.39 is 5.97 Å². The lowest BCUT2D eigenvalue weighted by Crippen LogP contribution is -2.06. The summed E-state index contributed by atoms with van der Waals surface area (Å²) in [6.45, 7) is 2.09. The molecule has 0 spiro atoms. The zero-order valence-electron chi connectivity index (χ0n) is 11.1. The Morgan fingerprint density at radius 3 is 2.48 bits per heavy atom. The lowest BCUT2D eigenvalue weighted by molar-refractivity contribution is 0.0696. The molecule has 0 aliphatic rings. The number of carbonyl (C=O) groups is 1. The first-order chi connectivity index (χ1) is 9.91. The van der Waals surface area contributed by atoms with E-state index in [1.54, 1.807) is 37.3 Å². The lowest BCUT2D eigenvalue weighted by Gasteiger charge is -2.14. The van der Waals surface area contributed by atoms with E-state index in [2.05, 4.69) is 5.32 Å². The largest absolute Gasteiger partial charge is 0.478 e. The number of nitrogens with one attached hydrogen (secondary N) is 1. The van der Waals surface area contributed by atoms with Crippen molar-refractivity contribution < 1.29 is 9.90 Å². The van der Waals surface area contributed by atoms with E-state index in [1.165, 1.54) is 0 Å². The zero-order valence-corrected chi connectivity index (χ0v) is 13.4. The molecule has 0 aliphatic heterocycles. The van der Waals surface area contributed by atoms with Crippen LogP contribution in [-0.2, 0) is 6.54 Å². The first kappa shape index (κ1) is 16.0. The Labute approximate surface area is 137 Å². The van der Waals surface area contributed by atoms with Crippen molar-refractivity contribution in [1.82, 2.24) is 0 Å². The topological polar surface area (TPSA) is 49.3 Å². The van der Waals surface area contributed by atoms with Crippen LogP contribution in [-0.4, -0.2) is 11.1 Å². The third-order valence-electron chi connectivity index (χ3n) is 3.16. The van der Waals surface area contributed by atoms with E-state index in [0.717, 1.165) is 0 Å². The third kappa shape index (κ3) is 3.43. The molecule has 0 saturated heterocycles.